The normalized spacial score (nSPS) is 36.0. The first-order chi connectivity index (χ1) is 4.22. The maximum atomic E-state index is 2.40. The molecule has 0 aromatic rings. The third-order valence-corrected chi connectivity index (χ3v) is 2.78. The van der Waals surface area contributed by atoms with Crippen LogP contribution in [0.3, 0.4) is 0 Å². The van der Waals surface area contributed by atoms with Crippen molar-refractivity contribution >= 4 is 0 Å². The van der Waals surface area contributed by atoms with E-state index in [0.29, 0.717) is 0 Å². The largest absolute Gasteiger partial charge is 0.0625 e. The van der Waals surface area contributed by atoms with Gasteiger partial charge in [0.1, 0.15) is 0 Å². The van der Waals surface area contributed by atoms with Crippen LogP contribution in [-0.2, 0) is 0 Å². The number of rotatable bonds is 1. The molecule has 1 saturated carbocycles. The van der Waals surface area contributed by atoms with Gasteiger partial charge in [-0.1, -0.05) is 33.6 Å². The van der Waals surface area contributed by atoms with Crippen LogP contribution in [0.25, 0.3) is 0 Å². The van der Waals surface area contributed by atoms with Crippen LogP contribution in [-0.4, -0.2) is 0 Å². The van der Waals surface area contributed by atoms with E-state index >= 15 is 0 Å². The van der Waals surface area contributed by atoms with Gasteiger partial charge < -0.3 is 0 Å². The topological polar surface area (TPSA) is 0 Å². The molecule has 0 radical (unpaired) electrons. The van der Waals surface area contributed by atoms with Crippen LogP contribution < -0.4 is 0 Å². The quantitative estimate of drug-likeness (QED) is 0.506. The molecule has 0 N–H and O–H groups in total. The summed E-state index contributed by atoms with van der Waals surface area (Å²) in [4.78, 5) is 0. The van der Waals surface area contributed by atoms with E-state index < -0.39 is 0 Å². The van der Waals surface area contributed by atoms with Crippen LogP contribution in [0, 0.1) is 17.8 Å². The fourth-order valence-corrected chi connectivity index (χ4v) is 2.16. The number of hydrogen-bond acceptors (Lipinski definition) is 0. The molecule has 0 aliphatic heterocycles. The van der Waals surface area contributed by atoms with Gasteiger partial charge in [-0.05, 0) is 24.2 Å². The van der Waals surface area contributed by atoms with Crippen molar-refractivity contribution in [3.8, 4) is 0 Å². The van der Waals surface area contributed by atoms with Gasteiger partial charge in [0, 0.05) is 0 Å². The highest BCUT2D eigenvalue weighted by Crippen LogP contribution is 2.35. The standard InChI is InChI=1S/C9H18/c1-7(2)9-6-4-5-8(9)3/h7-9H,4-6H2,1-3H3/t8-,9+/m1/s1. The Hall–Kier alpha value is 0. The summed E-state index contributed by atoms with van der Waals surface area (Å²) in [6.07, 6.45) is 4.44. The maximum Gasteiger partial charge on any atom is -0.0365 e. The van der Waals surface area contributed by atoms with E-state index in [0.717, 1.165) is 17.8 Å². The smallest absolute Gasteiger partial charge is 0.0365 e. The molecule has 1 aliphatic carbocycles. The summed E-state index contributed by atoms with van der Waals surface area (Å²) in [5, 5.41) is 0. The summed E-state index contributed by atoms with van der Waals surface area (Å²) < 4.78 is 0. The summed E-state index contributed by atoms with van der Waals surface area (Å²) in [5.41, 5.74) is 0. The van der Waals surface area contributed by atoms with Gasteiger partial charge in [0.2, 0.25) is 0 Å². The molecule has 1 fully saturated rings. The Morgan fingerprint density at radius 1 is 1.22 bits per heavy atom. The monoisotopic (exact) mass is 126 g/mol. The molecule has 0 amide bonds. The van der Waals surface area contributed by atoms with Crippen LogP contribution >= 0.6 is 0 Å². The lowest BCUT2D eigenvalue weighted by Gasteiger charge is -2.18. The Kier molecular flexibility index (Phi) is 2.15. The molecule has 0 saturated heterocycles. The average Bonchev–Trinajstić information content (AvgIpc) is 2.13. The Bertz CT molecular complexity index is 84.0. The van der Waals surface area contributed by atoms with Crippen LogP contribution in [0.5, 0.6) is 0 Å². The van der Waals surface area contributed by atoms with Crippen molar-refractivity contribution in [3.05, 3.63) is 0 Å². The third kappa shape index (κ3) is 1.47. The summed E-state index contributed by atoms with van der Waals surface area (Å²) in [6, 6.07) is 0. The van der Waals surface area contributed by atoms with Crippen molar-refractivity contribution in [2.75, 3.05) is 0 Å². The van der Waals surface area contributed by atoms with Crippen molar-refractivity contribution in [1.82, 2.24) is 0 Å². The molecule has 9 heavy (non-hydrogen) atoms. The molecule has 2 atom stereocenters. The molecule has 1 aliphatic rings. The van der Waals surface area contributed by atoms with E-state index in [1.807, 2.05) is 0 Å². The first-order valence-electron chi connectivity index (χ1n) is 4.22. The van der Waals surface area contributed by atoms with E-state index in [1.165, 1.54) is 19.3 Å². The van der Waals surface area contributed by atoms with Gasteiger partial charge in [-0.15, -0.1) is 0 Å². The molecular weight excluding hydrogens is 108 g/mol. The Labute approximate surface area is 58.7 Å². The van der Waals surface area contributed by atoms with Crippen molar-refractivity contribution in [2.24, 2.45) is 17.8 Å². The fourth-order valence-electron chi connectivity index (χ4n) is 2.16. The minimum atomic E-state index is 0.919. The summed E-state index contributed by atoms with van der Waals surface area (Å²) in [6.45, 7) is 7.11. The Balaban J connectivity index is 2.40. The maximum absolute atomic E-state index is 2.40. The van der Waals surface area contributed by atoms with Gasteiger partial charge in [-0.25, -0.2) is 0 Å². The third-order valence-electron chi connectivity index (χ3n) is 2.78. The summed E-state index contributed by atoms with van der Waals surface area (Å²) >= 11 is 0. The molecule has 54 valence electrons. The number of hydrogen-bond donors (Lipinski definition) is 0. The minimum absolute atomic E-state index is 0.919. The second-order valence-electron chi connectivity index (χ2n) is 3.82. The van der Waals surface area contributed by atoms with Crippen molar-refractivity contribution < 1.29 is 0 Å². The molecule has 0 heteroatoms. The van der Waals surface area contributed by atoms with Crippen molar-refractivity contribution in [2.45, 2.75) is 40.0 Å². The minimum Gasteiger partial charge on any atom is -0.0625 e. The van der Waals surface area contributed by atoms with Crippen LogP contribution in [0.15, 0.2) is 0 Å². The van der Waals surface area contributed by atoms with Gasteiger partial charge in [0.25, 0.3) is 0 Å². The van der Waals surface area contributed by atoms with E-state index in [-0.39, 0.29) is 0 Å². The Morgan fingerprint density at radius 3 is 2.11 bits per heavy atom. The second kappa shape index (κ2) is 2.72. The molecule has 0 aromatic heterocycles. The van der Waals surface area contributed by atoms with E-state index in [9.17, 15) is 0 Å². The highest BCUT2D eigenvalue weighted by atomic mass is 14.3. The van der Waals surface area contributed by atoms with E-state index in [2.05, 4.69) is 20.8 Å². The lowest BCUT2D eigenvalue weighted by atomic mass is 9.87. The molecule has 0 spiro atoms. The van der Waals surface area contributed by atoms with Crippen LogP contribution in [0.1, 0.15) is 40.0 Å². The molecule has 0 nitrogen and oxygen atoms in total. The molecule has 0 heterocycles. The highest BCUT2D eigenvalue weighted by Gasteiger charge is 2.25. The zero-order valence-electron chi connectivity index (χ0n) is 6.85. The average molecular weight is 126 g/mol. The second-order valence-corrected chi connectivity index (χ2v) is 3.82. The van der Waals surface area contributed by atoms with Crippen molar-refractivity contribution in [1.29, 1.82) is 0 Å². The first-order valence-corrected chi connectivity index (χ1v) is 4.22. The zero-order valence-corrected chi connectivity index (χ0v) is 6.85. The lowest BCUT2D eigenvalue weighted by Crippen LogP contribution is -2.10. The van der Waals surface area contributed by atoms with Gasteiger partial charge in [0.15, 0.2) is 0 Å². The summed E-state index contributed by atoms with van der Waals surface area (Å²) in [5.74, 6) is 2.96. The predicted octanol–water partition coefficient (Wildman–Crippen LogP) is 3.08. The fraction of sp³-hybridized carbons (Fsp3) is 1.00. The molecule has 0 unspecified atom stereocenters. The van der Waals surface area contributed by atoms with Gasteiger partial charge >= 0.3 is 0 Å². The van der Waals surface area contributed by atoms with Gasteiger partial charge in [-0.2, -0.15) is 0 Å². The SMILES string of the molecule is CC(C)[C@@H]1CCC[C@H]1C. The van der Waals surface area contributed by atoms with Gasteiger partial charge in [-0.3, -0.25) is 0 Å². The van der Waals surface area contributed by atoms with Gasteiger partial charge in [0.05, 0.1) is 0 Å². The molecule has 1 rings (SSSR count). The zero-order chi connectivity index (χ0) is 6.85. The Morgan fingerprint density at radius 2 is 1.89 bits per heavy atom. The molecule has 0 aromatic carbocycles. The lowest BCUT2D eigenvalue weighted by molar-refractivity contribution is 0.314. The highest BCUT2D eigenvalue weighted by molar-refractivity contribution is 4.75. The van der Waals surface area contributed by atoms with Crippen LogP contribution in [0.2, 0.25) is 0 Å². The molecule has 0 bridgehead atoms. The van der Waals surface area contributed by atoms with E-state index in [1.54, 1.807) is 0 Å². The van der Waals surface area contributed by atoms with Crippen LogP contribution in [0.4, 0.5) is 0 Å². The first kappa shape index (κ1) is 7.11. The van der Waals surface area contributed by atoms with Crippen molar-refractivity contribution in [3.63, 3.8) is 0 Å². The van der Waals surface area contributed by atoms with E-state index in [4.69, 9.17) is 0 Å². The predicted molar refractivity (Wildman–Crippen MR) is 41.3 cm³/mol. The summed E-state index contributed by atoms with van der Waals surface area (Å²) in [7, 11) is 0. The molecular formula is C9H18.